The van der Waals surface area contributed by atoms with Gasteiger partial charge in [-0.2, -0.15) is 0 Å². The van der Waals surface area contributed by atoms with Crippen LogP contribution in [0.4, 0.5) is 5.69 Å². The summed E-state index contributed by atoms with van der Waals surface area (Å²) in [6.45, 7) is 5.67. The van der Waals surface area contributed by atoms with Gasteiger partial charge in [0.1, 0.15) is 13.1 Å². The second-order valence-corrected chi connectivity index (χ2v) is 9.40. The van der Waals surface area contributed by atoms with Gasteiger partial charge in [0.2, 0.25) is 10.0 Å². The Bertz CT molecular complexity index is 766. The van der Waals surface area contributed by atoms with Crippen molar-refractivity contribution in [3.05, 3.63) is 28.8 Å². The monoisotopic (exact) mass is 416 g/mol. The number of hydrogen-bond donors (Lipinski definition) is 2. The molecule has 0 aromatic heterocycles. The fourth-order valence-electron chi connectivity index (χ4n) is 3.47. The van der Waals surface area contributed by atoms with Crippen molar-refractivity contribution in [2.24, 2.45) is 0 Å². The minimum absolute atomic E-state index is 0.151. The van der Waals surface area contributed by atoms with Crippen LogP contribution in [0.15, 0.2) is 18.2 Å². The molecule has 27 heavy (non-hydrogen) atoms. The van der Waals surface area contributed by atoms with Crippen LogP contribution in [0, 0.1) is 0 Å². The van der Waals surface area contributed by atoms with Crippen LogP contribution in [0.1, 0.15) is 29.6 Å². The third-order valence-corrected chi connectivity index (χ3v) is 7.21. The summed E-state index contributed by atoms with van der Waals surface area (Å²) in [7, 11) is -3.29. The second-order valence-electron chi connectivity index (χ2n) is 6.98. The van der Waals surface area contributed by atoms with Crippen molar-refractivity contribution in [1.82, 2.24) is 5.32 Å². The lowest BCUT2D eigenvalue weighted by Crippen LogP contribution is -3.14. The molecular formula is C18H27ClN3O4S+. The van der Waals surface area contributed by atoms with Gasteiger partial charge in [-0.1, -0.05) is 11.6 Å². The Balaban J connectivity index is 1.54. The van der Waals surface area contributed by atoms with Crippen molar-refractivity contribution in [3.63, 3.8) is 0 Å². The largest absolute Gasteiger partial charge is 0.370 e. The van der Waals surface area contributed by atoms with Crippen molar-refractivity contribution in [2.45, 2.75) is 19.3 Å². The number of rotatable bonds is 6. The van der Waals surface area contributed by atoms with Crippen LogP contribution in [-0.2, 0) is 14.8 Å². The molecule has 3 rings (SSSR count). The third kappa shape index (κ3) is 5.34. The van der Waals surface area contributed by atoms with Crippen molar-refractivity contribution in [2.75, 3.05) is 56.0 Å². The van der Waals surface area contributed by atoms with Crippen LogP contribution in [0.3, 0.4) is 0 Å². The van der Waals surface area contributed by atoms with Crippen LogP contribution < -0.4 is 14.5 Å². The fraction of sp³-hybridized carbons (Fsp3) is 0.611. The summed E-state index contributed by atoms with van der Waals surface area (Å²) >= 11 is 6.27. The quantitative estimate of drug-likeness (QED) is 0.654. The first-order valence-corrected chi connectivity index (χ1v) is 11.5. The van der Waals surface area contributed by atoms with Crippen molar-refractivity contribution >= 4 is 33.2 Å². The van der Waals surface area contributed by atoms with E-state index in [1.807, 2.05) is 0 Å². The van der Waals surface area contributed by atoms with E-state index < -0.39 is 10.0 Å². The molecule has 2 heterocycles. The van der Waals surface area contributed by atoms with Crippen LogP contribution in [0.5, 0.6) is 0 Å². The van der Waals surface area contributed by atoms with Crippen LogP contribution in [0.2, 0.25) is 5.02 Å². The van der Waals surface area contributed by atoms with E-state index in [0.29, 0.717) is 30.8 Å². The molecule has 2 aliphatic rings. The molecule has 0 atom stereocenters. The Morgan fingerprint density at radius 3 is 2.74 bits per heavy atom. The number of hydrogen-bond acceptors (Lipinski definition) is 4. The molecule has 0 unspecified atom stereocenters. The number of anilines is 1. The van der Waals surface area contributed by atoms with E-state index in [-0.39, 0.29) is 16.7 Å². The van der Waals surface area contributed by atoms with Gasteiger partial charge >= 0.3 is 0 Å². The SMILES string of the molecule is O=C(NCCC[NH+]1CCOCC1)c1ccc(N2CCCCS2(=O)=O)cc1Cl. The van der Waals surface area contributed by atoms with Gasteiger partial charge in [-0.3, -0.25) is 9.10 Å². The number of amides is 1. The van der Waals surface area contributed by atoms with Gasteiger partial charge in [0, 0.05) is 19.5 Å². The molecule has 0 saturated carbocycles. The van der Waals surface area contributed by atoms with Gasteiger partial charge in [-0.05, 0) is 31.0 Å². The predicted octanol–water partition coefficient (Wildman–Crippen LogP) is 0.305. The highest BCUT2D eigenvalue weighted by Crippen LogP contribution is 2.28. The van der Waals surface area contributed by atoms with E-state index >= 15 is 0 Å². The normalized spacial score (nSPS) is 20.4. The zero-order chi connectivity index (χ0) is 19.3. The van der Waals surface area contributed by atoms with E-state index in [2.05, 4.69) is 5.32 Å². The molecule has 2 aliphatic heterocycles. The van der Waals surface area contributed by atoms with E-state index in [1.54, 1.807) is 18.2 Å². The number of nitrogens with one attached hydrogen (secondary N) is 2. The number of sulfonamides is 1. The maximum atomic E-state index is 12.4. The number of ether oxygens (including phenoxy) is 1. The molecule has 7 nitrogen and oxygen atoms in total. The highest BCUT2D eigenvalue weighted by Gasteiger charge is 2.26. The first-order valence-electron chi connectivity index (χ1n) is 9.47. The summed E-state index contributed by atoms with van der Waals surface area (Å²) in [6.07, 6.45) is 2.40. The number of halogens is 1. The van der Waals surface area contributed by atoms with Gasteiger partial charge in [0.05, 0.1) is 41.8 Å². The molecule has 1 aromatic carbocycles. The molecule has 0 bridgehead atoms. The highest BCUT2D eigenvalue weighted by atomic mass is 35.5. The lowest BCUT2D eigenvalue weighted by molar-refractivity contribution is -0.908. The van der Waals surface area contributed by atoms with Gasteiger partial charge in [-0.25, -0.2) is 8.42 Å². The second kappa shape index (κ2) is 9.23. The minimum atomic E-state index is -3.29. The molecular weight excluding hydrogens is 390 g/mol. The molecule has 2 N–H and O–H groups in total. The fourth-order valence-corrected chi connectivity index (χ4v) is 5.36. The summed E-state index contributed by atoms with van der Waals surface area (Å²) < 4.78 is 31.1. The standard InChI is InChI=1S/C18H26ClN3O4S/c19-17-14-15(22-8-1-2-13-27(22,24)25)4-5-16(17)18(23)20-6-3-7-21-9-11-26-12-10-21/h4-5,14H,1-3,6-13H2,(H,20,23)/p+1. The lowest BCUT2D eigenvalue weighted by Gasteiger charge is -2.28. The maximum Gasteiger partial charge on any atom is 0.252 e. The van der Waals surface area contributed by atoms with Crippen LogP contribution >= 0.6 is 11.6 Å². The van der Waals surface area contributed by atoms with E-state index in [0.717, 1.165) is 45.7 Å². The Hall–Kier alpha value is -1.35. The molecule has 9 heteroatoms. The van der Waals surface area contributed by atoms with E-state index in [1.165, 1.54) is 9.21 Å². The van der Waals surface area contributed by atoms with Gasteiger partial charge in [0.15, 0.2) is 0 Å². The van der Waals surface area contributed by atoms with Crippen LogP contribution in [-0.4, -0.2) is 66.0 Å². The molecule has 2 saturated heterocycles. The predicted molar refractivity (Wildman–Crippen MR) is 105 cm³/mol. The summed E-state index contributed by atoms with van der Waals surface area (Å²) in [5.41, 5.74) is 0.890. The molecule has 150 valence electrons. The summed E-state index contributed by atoms with van der Waals surface area (Å²) in [5, 5.41) is 3.16. The Kier molecular flexibility index (Phi) is 6.97. The number of carbonyl (C=O) groups excluding carboxylic acids is 1. The molecule has 0 spiro atoms. The average Bonchev–Trinajstić information content (AvgIpc) is 2.65. The van der Waals surface area contributed by atoms with E-state index in [4.69, 9.17) is 16.3 Å². The van der Waals surface area contributed by atoms with Crippen molar-refractivity contribution in [1.29, 1.82) is 0 Å². The molecule has 0 aliphatic carbocycles. The number of quaternary nitrogens is 1. The molecule has 2 fully saturated rings. The smallest absolute Gasteiger partial charge is 0.252 e. The van der Waals surface area contributed by atoms with Gasteiger partial charge < -0.3 is 15.0 Å². The zero-order valence-electron chi connectivity index (χ0n) is 15.4. The van der Waals surface area contributed by atoms with Gasteiger partial charge in [-0.15, -0.1) is 0 Å². The highest BCUT2D eigenvalue weighted by molar-refractivity contribution is 7.92. The molecule has 1 amide bonds. The lowest BCUT2D eigenvalue weighted by atomic mass is 10.2. The minimum Gasteiger partial charge on any atom is -0.370 e. The number of carbonyl (C=O) groups is 1. The zero-order valence-corrected chi connectivity index (χ0v) is 16.9. The number of benzene rings is 1. The van der Waals surface area contributed by atoms with E-state index in [9.17, 15) is 13.2 Å². The first-order chi connectivity index (χ1) is 13.0. The maximum absolute atomic E-state index is 12.4. The Morgan fingerprint density at radius 2 is 2.04 bits per heavy atom. The summed E-state index contributed by atoms with van der Waals surface area (Å²) in [5.74, 6) is -0.0807. The molecule has 0 radical (unpaired) electrons. The van der Waals surface area contributed by atoms with Crippen LogP contribution in [0.25, 0.3) is 0 Å². The first kappa shape index (κ1) is 20.4. The van der Waals surface area contributed by atoms with Crippen molar-refractivity contribution in [3.8, 4) is 0 Å². The third-order valence-electron chi connectivity index (χ3n) is 5.03. The number of nitrogens with zero attached hydrogens (tertiary/aromatic N) is 1. The summed E-state index contributed by atoms with van der Waals surface area (Å²) in [4.78, 5) is 13.9. The Morgan fingerprint density at radius 1 is 1.26 bits per heavy atom. The van der Waals surface area contributed by atoms with Crippen molar-refractivity contribution < 1.29 is 22.8 Å². The Labute approximate surface area is 165 Å². The van der Waals surface area contributed by atoms with Gasteiger partial charge in [0.25, 0.3) is 5.91 Å². The topological polar surface area (TPSA) is 80.2 Å². The number of morpholine rings is 1. The average molecular weight is 417 g/mol. The molecule has 1 aromatic rings. The summed E-state index contributed by atoms with van der Waals surface area (Å²) in [6, 6.07) is 4.82.